The second kappa shape index (κ2) is 9.66. The van der Waals surface area contributed by atoms with Crippen molar-refractivity contribution in [3.8, 4) is 11.5 Å². The number of anilines is 1. The number of nitrogens with zero attached hydrogens (tertiary/aromatic N) is 3. The Morgan fingerprint density at radius 3 is 2.32 bits per heavy atom. The Morgan fingerprint density at radius 2 is 1.82 bits per heavy atom. The number of hydrogen-bond donors (Lipinski definition) is 1. The molecule has 0 amide bonds. The number of piperazine rings is 1. The molecule has 1 N–H and O–H groups in total. The normalized spacial score (nSPS) is 19.6. The fourth-order valence-electron chi connectivity index (χ4n) is 4.06. The van der Waals surface area contributed by atoms with Gasteiger partial charge in [0, 0.05) is 30.7 Å². The first kappa shape index (κ1) is 25.6. The highest BCUT2D eigenvalue weighted by Gasteiger charge is 2.39. The van der Waals surface area contributed by atoms with Gasteiger partial charge in [-0.15, -0.1) is 13.2 Å². The third-order valence-electron chi connectivity index (χ3n) is 5.29. The Kier molecular flexibility index (Phi) is 7.26. The molecule has 2 atom stereocenters. The number of carboxylic acids is 1. The zero-order chi connectivity index (χ0) is 25.3. The Balaban J connectivity index is 1.82. The van der Waals surface area contributed by atoms with Crippen LogP contribution in [-0.2, 0) is 21.2 Å². The minimum absolute atomic E-state index is 0.0523. The number of ether oxygens (including phenoxy) is 2. The van der Waals surface area contributed by atoms with Gasteiger partial charge in [0.2, 0.25) is 10.0 Å². The Hall–Kier alpha value is -3.06. The standard InChI is InChI=1S/C21H24F3N3O6S/c1-13-11-26(19-7-4-16(10-25-19)33-21(22,23)24)12-14(2)27(13)34(30,31)17-5-6-18(32-3)15(8-17)9-20(28)29/h4-8,10,13-14H,9,11-12H2,1-3H3,(H,28,29)/t13-,14+. The number of aliphatic carboxylic acids is 1. The van der Waals surface area contributed by atoms with Crippen molar-refractivity contribution >= 4 is 21.8 Å². The molecule has 1 aliphatic heterocycles. The van der Waals surface area contributed by atoms with Gasteiger partial charge >= 0.3 is 12.3 Å². The predicted molar refractivity (Wildman–Crippen MR) is 115 cm³/mol. The van der Waals surface area contributed by atoms with Crippen molar-refractivity contribution in [2.45, 2.75) is 43.6 Å². The van der Waals surface area contributed by atoms with Gasteiger partial charge in [-0.1, -0.05) is 0 Å². The monoisotopic (exact) mass is 503 g/mol. The fourth-order valence-corrected chi connectivity index (χ4v) is 5.92. The van der Waals surface area contributed by atoms with E-state index in [0.29, 0.717) is 5.82 Å². The average molecular weight is 503 g/mol. The van der Waals surface area contributed by atoms with Gasteiger partial charge in [-0.2, -0.15) is 4.31 Å². The molecule has 186 valence electrons. The van der Waals surface area contributed by atoms with Gasteiger partial charge in [-0.3, -0.25) is 4.79 Å². The lowest BCUT2D eigenvalue weighted by atomic mass is 10.1. The zero-order valence-electron chi connectivity index (χ0n) is 18.6. The largest absolute Gasteiger partial charge is 0.573 e. The number of rotatable bonds is 7. The molecule has 1 fully saturated rings. The minimum Gasteiger partial charge on any atom is -0.496 e. The van der Waals surface area contributed by atoms with Crippen LogP contribution >= 0.6 is 0 Å². The molecule has 0 unspecified atom stereocenters. The van der Waals surface area contributed by atoms with E-state index in [1.807, 2.05) is 0 Å². The van der Waals surface area contributed by atoms with Crippen molar-refractivity contribution in [3.05, 3.63) is 42.1 Å². The molecule has 1 aromatic heterocycles. The number of pyridine rings is 1. The van der Waals surface area contributed by atoms with Crippen molar-refractivity contribution < 1.29 is 41.0 Å². The van der Waals surface area contributed by atoms with E-state index in [1.54, 1.807) is 18.7 Å². The first-order valence-corrected chi connectivity index (χ1v) is 11.6. The number of carbonyl (C=O) groups is 1. The lowest BCUT2D eigenvalue weighted by molar-refractivity contribution is -0.274. The summed E-state index contributed by atoms with van der Waals surface area (Å²) >= 11 is 0. The minimum atomic E-state index is -4.82. The number of methoxy groups -OCH3 is 1. The molecule has 0 bridgehead atoms. The maximum atomic E-state index is 13.4. The molecule has 1 aliphatic rings. The van der Waals surface area contributed by atoms with Crippen LogP contribution in [0.15, 0.2) is 41.4 Å². The molecule has 3 rings (SSSR count). The number of aromatic nitrogens is 1. The molecule has 0 aliphatic carbocycles. The molecular formula is C21H24F3N3O6S. The summed E-state index contributed by atoms with van der Waals surface area (Å²) in [6.07, 6.45) is -4.26. The number of hydrogen-bond acceptors (Lipinski definition) is 7. The van der Waals surface area contributed by atoms with Gasteiger partial charge in [-0.25, -0.2) is 13.4 Å². The average Bonchev–Trinajstić information content (AvgIpc) is 2.72. The van der Waals surface area contributed by atoms with Gasteiger partial charge in [0.05, 0.1) is 24.6 Å². The first-order chi connectivity index (χ1) is 15.8. The van der Waals surface area contributed by atoms with Crippen LogP contribution in [0.25, 0.3) is 0 Å². The van der Waals surface area contributed by atoms with E-state index in [9.17, 15) is 26.4 Å². The lowest BCUT2D eigenvalue weighted by Crippen LogP contribution is -2.58. The summed E-state index contributed by atoms with van der Waals surface area (Å²) in [6, 6.07) is 5.60. The molecule has 0 radical (unpaired) electrons. The van der Waals surface area contributed by atoms with Crippen molar-refractivity contribution in [2.75, 3.05) is 25.1 Å². The fraction of sp³-hybridized carbons (Fsp3) is 0.429. The van der Waals surface area contributed by atoms with Gasteiger partial charge in [0.1, 0.15) is 17.3 Å². The third kappa shape index (κ3) is 5.70. The molecule has 13 heteroatoms. The first-order valence-electron chi connectivity index (χ1n) is 10.2. The lowest BCUT2D eigenvalue weighted by Gasteiger charge is -2.43. The van der Waals surface area contributed by atoms with E-state index in [0.717, 1.165) is 12.3 Å². The van der Waals surface area contributed by atoms with Gasteiger partial charge in [0.15, 0.2) is 0 Å². The van der Waals surface area contributed by atoms with Crippen molar-refractivity contribution in [1.29, 1.82) is 0 Å². The van der Waals surface area contributed by atoms with E-state index in [2.05, 4.69) is 9.72 Å². The number of carboxylic acid groups (broad SMARTS) is 1. The summed E-state index contributed by atoms with van der Waals surface area (Å²) in [5.41, 5.74) is 0.236. The Labute approximate surface area is 194 Å². The molecule has 9 nitrogen and oxygen atoms in total. The molecule has 0 saturated carbocycles. The summed E-state index contributed by atoms with van der Waals surface area (Å²) in [4.78, 5) is 16.9. The summed E-state index contributed by atoms with van der Waals surface area (Å²) in [7, 11) is -2.61. The number of sulfonamides is 1. The molecule has 0 spiro atoms. The Bertz CT molecular complexity index is 1130. The van der Waals surface area contributed by atoms with Crippen LogP contribution in [0.4, 0.5) is 19.0 Å². The van der Waals surface area contributed by atoms with E-state index < -0.39 is 46.6 Å². The Morgan fingerprint density at radius 1 is 1.18 bits per heavy atom. The second-order valence-electron chi connectivity index (χ2n) is 7.88. The predicted octanol–water partition coefficient (Wildman–Crippen LogP) is 2.90. The quantitative estimate of drug-likeness (QED) is 0.615. The highest BCUT2D eigenvalue weighted by atomic mass is 32.2. The summed E-state index contributed by atoms with van der Waals surface area (Å²) < 4.78 is 74.3. The van der Waals surface area contributed by atoms with E-state index in [1.165, 1.54) is 35.7 Å². The number of halogens is 3. The summed E-state index contributed by atoms with van der Waals surface area (Å²) in [5.74, 6) is -0.910. The van der Waals surface area contributed by atoms with Gasteiger partial charge in [0.25, 0.3) is 0 Å². The van der Waals surface area contributed by atoms with Crippen LogP contribution in [0.5, 0.6) is 11.5 Å². The van der Waals surface area contributed by atoms with E-state index >= 15 is 0 Å². The molecular weight excluding hydrogens is 479 g/mol. The maximum Gasteiger partial charge on any atom is 0.573 e. The van der Waals surface area contributed by atoms with E-state index in [4.69, 9.17) is 9.84 Å². The zero-order valence-corrected chi connectivity index (χ0v) is 19.4. The van der Waals surface area contributed by atoms with Crippen LogP contribution in [0.3, 0.4) is 0 Å². The van der Waals surface area contributed by atoms with Crippen LogP contribution in [0.2, 0.25) is 0 Å². The van der Waals surface area contributed by atoms with Crippen LogP contribution < -0.4 is 14.4 Å². The summed E-state index contributed by atoms with van der Waals surface area (Å²) in [5, 5.41) is 9.13. The topological polar surface area (TPSA) is 109 Å². The second-order valence-corrected chi connectivity index (χ2v) is 9.73. The number of alkyl halides is 3. The highest BCUT2D eigenvalue weighted by Crippen LogP contribution is 2.31. The summed E-state index contributed by atoms with van der Waals surface area (Å²) in [6.45, 7) is 3.91. The molecule has 1 saturated heterocycles. The smallest absolute Gasteiger partial charge is 0.496 e. The van der Waals surface area contributed by atoms with Crippen molar-refractivity contribution in [2.24, 2.45) is 0 Å². The van der Waals surface area contributed by atoms with Gasteiger partial charge < -0.3 is 19.5 Å². The van der Waals surface area contributed by atoms with Crippen molar-refractivity contribution in [3.63, 3.8) is 0 Å². The van der Waals surface area contributed by atoms with E-state index in [-0.39, 0.29) is 29.3 Å². The van der Waals surface area contributed by atoms with Crippen LogP contribution in [-0.4, -0.2) is 67.4 Å². The number of benzene rings is 1. The van der Waals surface area contributed by atoms with Crippen LogP contribution in [0, 0.1) is 0 Å². The van der Waals surface area contributed by atoms with Crippen LogP contribution in [0.1, 0.15) is 19.4 Å². The van der Waals surface area contributed by atoms with Crippen molar-refractivity contribution in [1.82, 2.24) is 9.29 Å². The highest BCUT2D eigenvalue weighted by molar-refractivity contribution is 7.89. The molecule has 34 heavy (non-hydrogen) atoms. The maximum absolute atomic E-state index is 13.4. The molecule has 2 heterocycles. The molecule has 2 aromatic rings. The molecule has 1 aromatic carbocycles. The SMILES string of the molecule is COc1ccc(S(=O)(=O)N2[C@H](C)CN(c3ccc(OC(F)(F)F)cn3)C[C@@H]2C)cc1CC(=O)O. The third-order valence-corrected chi connectivity index (χ3v) is 7.41. The van der Waals surface area contributed by atoms with Gasteiger partial charge in [-0.05, 0) is 44.2 Å².